The molecule has 1 heterocycles. The lowest BCUT2D eigenvalue weighted by Gasteiger charge is -2.39. The highest BCUT2D eigenvalue weighted by Gasteiger charge is 2.38. The Bertz CT molecular complexity index is 425. The number of ether oxygens (including phenoxy) is 1. The third-order valence-corrected chi connectivity index (χ3v) is 4.56. The minimum atomic E-state index is 0.233. The average molecular weight is 245 g/mol. The van der Waals surface area contributed by atoms with Gasteiger partial charge in [-0.3, -0.25) is 0 Å². The number of hydrogen-bond donors (Lipinski definition) is 1. The van der Waals surface area contributed by atoms with Gasteiger partial charge in [-0.1, -0.05) is 36.6 Å². The first-order chi connectivity index (χ1) is 8.69. The topological polar surface area (TPSA) is 21.3 Å². The predicted molar refractivity (Wildman–Crippen MR) is 73.8 cm³/mol. The van der Waals surface area contributed by atoms with Gasteiger partial charge in [0.25, 0.3) is 0 Å². The summed E-state index contributed by atoms with van der Waals surface area (Å²) in [6.07, 6.45) is 5.51. The Labute approximate surface area is 110 Å². The normalized spacial score (nSPS) is 26.7. The van der Waals surface area contributed by atoms with Crippen LogP contribution < -0.4 is 5.32 Å². The number of rotatable bonds is 1. The molecule has 98 valence electrons. The van der Waals surface area contributed by atoms with Gasteiger partial charge in [0.05, 0.1) is 12.7 Å². The van der Waals surface area contributed by atoms with E-state index in [1.165, 1.54) is 42.4 Å². The fourth-order valence-corrected chi connectivity index (χ4v) is 3.44. The van der Waals surface area contributed by atoms with Gasteiger partial charge in [0, 0.05) is 12.1 Å². The van der Waals surface area contributed by atoms with E-state index in [-0.39, 0.29) is 6.10 Å². The number of benzene rings is 1. The molecule has 0 amide bonds. The molecule has 1 atom stereocenters. The summed E-state index contributed by atoms with van der Waals surface area (Å²) < 4.78 is 6.16. The number of nitrogens with one attached hydrogen (secondary N) is 1. The van der Waals surface area contributed by atoms with Crippen molar-refractivity contribution in [2.75, 3.05) is 13.2 Å². The molecule has 1 aliphatic heterocycles. The second-order valence-corrected chi connectivity index (χ2v) is 6.03. The molecule has 2 heteroatoms. The van der Waals surface area contributed by atoms with Gasteiger partial charge in [-0.25, -0.2) is 0 Å². The molecule has 2 fully saturated rings. The quantitative estimate of drug-likeness (QED) is 0.820. The summed E-state index contributed by atoms with van der Waals surface area (Å²) in [5, 5.41) is 3.76. The fourth-order valence-electron chi connectivity index (χ4n) is 3.44. The van der Waals surface area contributed by atoms with Crippen molar-refractivity contribution in [1.29, 1.82) is 0 Å². The first-order valence-electron chi connectivity index (χ1n) is 7.12. The maximum Gasteiger partial charge on any atom is 0.0952 e. The van der Waals surface area contributed by atoms with Crippen LogP contribution in [0, 0.1) is 13.8 Å². The van der Waals surface area contributed by atoms with Crippen molar-refractivity contribution in [3.63, 3.8) is 0 Å². The van der Waals surface area contributed by atoms with Crippen LogP contribution in [0.15, 0.2) is 18.2 Å². The average Bonchev–Trinajstić information content (AvgIpc) is 2.80. The zero-order valence-electron chi connectivity index (χ0n) is 11.5. The van der Waals surface area contributed by atoms with E-state index in [0.29, 0.717) is 5.54 Å². The molecule has 2 aliphatic rings. The van der Waals surface area contributed by atoms with E-state index in [1.54, 1.807) is 0 Å². The highest BCUT2D eigenvalue weighted by atomic mass is 16.5. The highest BCUT2D eigenvalue weighted by molar-refractivity contribution is 5.32. The third kappa shape index (κ3) is 2.19. The van der Waals surface area contributed by atoms with Crippen LogP contribution in [0.3, 0.4) is 0 Å². The molecule has 1 saturated heterocycles. The first kappa shape index (κ1) is 12.2. The molecule has 1 unspecified atom stereocenters. The Balaban J connectivity index is 1.72. The summed E-state index contributed by atoms with van der Waals surface area (Å²) in [5.74, 6) is 0. The molecule has 0 radical (unpaired) electrons. The zero-order valence-corrected chi connectivity index (χ0v) is 11.5. The van der Waals surface area contributed by atoms with Crippen LogP contribution in [0.1, 0.15) is 48.5 Å². The molecule has 0 bridgehead atoms. The van der Waals surface area contributed by atoms with Crippen LogP contribution in [0.5, 0.6) is 0 Å². The van der Waals surface area contributed by atoms with Crippen molar-refractivity contribution in [2.24, 2.45) is 0 Å². The van der Waals surface area contributed by atoms with Gasteiger partial charge in [-0.2, -0.15) is 0 Å². The molecule has 1 saturated carbocycles. The van der Waals surface area contributed by atoms with Gasteiger partial charge in [0.1, 0.15) is 0 Å². The molecular formula is C16H23NO. The van der Waals surface area contributed by atoms with Gasteiger partial charge in [-0.15, -0.1) is 0 Å². The number of aryl methyl sites for hydroxylation is 2. The maximum atomic E-state index is 6.16. The van der Waals surface area contributed by atoms with Crippen molar-refractivity contribution < 1.29 is 4.74 Å². The molecule has 1 aromatic carbocycles. The molecule has 3 rings (SSSR count). The molecule has 1 spiro atoms. The Hall–Kier alpha value is -0.860. The summed E-state index contributed by atoms with van der Waals surface area (Å²) in [6, 6.07) is 6.66. The standard InChI is InChI=1S/C16H23NO/c1-12-5-6-14(13(2)9-12)15-10-17-16(11-18-15)7-3-4-8-16/h5-6,9,15,17H,3-4,7-8,10-11H2,1-2H3. The number of hydrogen-bond acceptors (Lipinski definition) is 2. The second kappa shape index (κ2) is 4.67. The van der Waals surface area contributed by atoms with E-state index in [9.17, 15) is 0 Å². The van der Waals surface area contributed by atoms with E-state index >= 15 is 0 Å². The van der Waals surface area contributed by atoms with E-state index in [0.717, 1.165) is 13.2 Å². The summed E-state index contributed by atoms with van der Waals surface area (Å²) in [6.45, 7) is 6.17. The molecule has 0 aromatic heterocycles. The lowest BCUT2D eigenvalue weighted by atomic mass is 9.94. The third-order valence-electron chi connectivity index (χ3n) is 4.56. The molecule has 1 aromatic rings. The first-order valence-corrected chi connectivity index (χ1v) is 7.12. The smallest absolute Gasteiger partial charge is 0.0952 e. The monoisotopic (exact) mass is 245 g/mol. The largest absolute Gasteiger partial charge is 0.370 e. The van der Waals surface area contributed by atoms with Crippen molar-refractivity contribution in [3.8, 4) is 0 Å². The highest BCUT2D eigenvalue weighted by Crippen LogP contribution is 2.35. The van der Waals surface area contributed by atoms with E-state index in [4.69, 9.17) is 4.74 Å². The van der Waals surface area contributed by atoms with Crippen LogP contribution in [-0.2, 0) is 4.74 Å². The van der Waals surface area contributed by atoms with E-state index < -0.39 is 0 Å². The Kier molecular flexibility index (Phi) is 3.16. The molecule has 1 N–H and O–H groups in total. The minimum absolute atomic E-state index is 0.233. The lowest BCUT2D eigenvalue weighted by molar-refractivity contribution is -0.0328. The van der Waals surface area contributed by atoms with Crippen LogP contribution in [-0.4, -0.2) is 18.7 Å². The van der Waals surface area contributed by atoms with Gasteiger partial charge in [-0.05, 0) is 37.8 Å². The van der Waals surface area contributed by atoms with Crippen molar-refractivity contribution >= 4 is 0 Å². The second-order valence-electron chi connectivity index (χ2n) is 6.03. The van der Waals surface area contributed by atoms with E-state index in [2.05, 4.69) is 37.4 Å². The Morgan fingerprint density at radius 3 is 2.61 bits per heavy atom. The summed E-state index contributed by atoms with van der Waals surface area (Å²) in [7, 11) is 0. The molecule has 18 heavy (non-hydrogen) atoms. The summed E-state index contributed by atoms with van der Waals surface area (Å²) >= 11 is 0. The van der Waals surface area contributed by atoms with Crippen LogP contribution in [0.25, 0.3) is 0 Å². The molecule has 2 nitrogen and oxygen atoms in total. The Morgan fingerprint density at radius 2 is 2.00 bits per heavy atom. The Morgan fingerprint density at radius 1 is 1.22 bits per heavy atom. The molecular weight excluding hydrogens is 222 g/mol. The number of morpholine rings is 1. The van der Waals surface area contributed by atoms with Crippen LogP contribution >= 0.6 is 0 Å². The SMILES string of the molecule is Cc1ccc(C2CNC3(CCCC3)CO2)c(C)c1. The summed E-state index contributed by atoms with van der Waals surface area (Å²) in [5.41, 5.74) is 4.33. The molecule has 1 aliphatic carbocycles. The van der Waals surface area contributed by atoms with E-state index in [1.807, 2.05) is 0 Å². The maximum absolute atomic E-state index is 6.16. The van der Waals surface area contributed by atoms with Crippen LogP contribution in [0.2, 0.25) is 0 Å². The lowest BCUT2D eigenvalue weighted by Crippen LogP contribution is -2.53. The van der Waals surface area contributed by atoms with Crippen molar-refractivity contribution in [3.05, 3.63) is 34.9 Å². The predicted octanol–water partition coefficient (Wildman–Crippen LogP) is 3.28. The van der Waals surface area contributed by atoms with Crippen molar-refractivity contribution in [2.45, 2.75) is 51.2 Å². The van der Waals surface area contributed by atoms with Gasteiger partial charge >= 0.3 is 0 Å². The summed E-state index contributed by atoms with van der Waals surface area (Å²) in [4.78, 5) is 0. The van der Waals surface area contributed by atoms with Gasteiger partial charge < -0.3 is 10.1 Å². The fraction of sp³-hybridized carbons (Fsp3) is 0.625. The van der Waals surface area contributed by atoms with Crippen molar-refractivity contribution in [1.82, 2.24) is 5.32 Å². The zero-order chi connectivity index (χ0) is 12.6. The van der Waals surface area contributed by atoms with Crippen LogP contribution in [0.4, 0.5) is 0 Å². The minimum Gasteiger partial charge on any atom is -0.370 e. The van der Waals surface area contributed by atoms with Gasteiger partial charge in [0.15, 0.2) is 0 Å². The van der Waals surface area contributed by atoms with Gasteiger partial charge in [0.2, 0.25) is 0 Å².